The number of carbonyl (C=O) groups is 1. The molecule has 1 heterocycles. The topological polar surface area (TPSA) is 20.3 Å². The van der Waals surface area contributed by atoms with Crippen LogP contribution in [0.1, 0.15) is 26.7 Å². The van der Waals surface area contributed by atoms with Crippen LogP contribution in [0.2, 0.25) is 0 Å². The van der Waals surface area contributed by atoms with E-state index in [2.05, 4.69) is 18.4 Å². The van der Waals surface area contributed by atoms with Gasteiger partial charge in [0.1, 0.15) is 5.78 Å². The first-order valence-electron chi connectivity index (χ1n) is 5.02. The molecule has 2 atom stereocenters. The lowest BCUT2D eigenvalue weighted by Gasteiger charge is -2.34. The second-order valence-corrected chi connectivity index (χ2v) is 3.92. The summed E-state index contributed by atoms with van der Waals surface area (Å²) in [6.07, 6.45) is 4.15. The summed E-state index contributed by atoms with van der Waals surface area (Å²) in [5.74, 6) is 0.595. The zero-order valence-corrected chi connectivity index (χ0v) is 8.62. The van der Waals surface area contributed by atoms with Crippen molar-refractivity contribution in [3.8, 4) is 0 Å². The summed E-state index contributed by atoms with van der Waals surface area (Å²) in [4.78, 5) is 13.5. The van der Waals surface area contributed by atoms with Crippen molar-refractivity contribution in [3.63, 3.8) is 0 Å². The molecule has 74 valence electrons. The van der Waals surface area contributed by atoms with E-state index in [9.17, 15) is 4.79 Å². The fourth-order valence-corrected chi connectivity index (χ4v) is 1.86. The normalized spacial score (nSPS) is 26.8. The maximum atomic E-state index is 11.2. The van der Waals surface area contributed by atoms with Gasteiger partial charge in [-0.1, -0.05) is 6.08 Å². The third-order valence-corrected chi connectivity index (χ3v) is 2.94. The number of hydrogen-bond acceptors (Lipinski definition) is 2. The maximum absolute atomic E-state index is 11.2. The van der Waals surface area contributed by atoms with Crippen LogP contribution in [0.25, 0.3) is 0 Å². The lowest BCUT2D eigenvalue weighted by molar-refractivity contribution is -0.122. The molecule has 0 saturated carbocycles. The van der Waals surface area contributed by atoms with E-state index in [4.69, 9.17) is 0 Å². The van der Waals surface area contributed by atoms with Crippen LogP contribution in [0.3, 0.4) is 0 Å². The Morgan fingerprint density at radius 1 is 1.69 bits per heavy atom. The highest BCUT2D eigenvalue weighted by molar-refractivity contribution is 5.78. The summed E-state index contributed by atoms with van der Waals surface area (Å²) in [5.41, 5.74) is 0. The number of likely N-dealkylation sites (tertiary alicyclic amines) is 1. The first kappa shape index (κ1) is 10.5. The fourth-order valence-electron chi connectivity index (χ4n) is 1.86. The Kier molecular flexibility index (Phi) is 3.67. The van der Waals surface area contributed by atoms with Crippen molar-refractivity contribution in [1.29, 1.82) is 0 Å². The van der Waals surface area contributed by atoms with Crippen LogP contribution in [0.4, 0.5) is 0 Å². The van der Waals surface area contributed by atoms with Crippen LogP contribution in [0.5, 0.6) is 0 Å². The average Bonchev–Trinajstić information content (AvgIpc) is 2.17. The van der Waals surface area contributed by atoms with Crippen LogP contribution in [-0.2, 0) is 4.79 Å². The summed E-state index contributed by atoms with van der Waals surface area (Å²) >= 11 is 0. The molecule has 1 rings (SSSR count). The minimum Gasteiger partial charge on any atom is -0.300 e. The Bertz CT molecular complexity index is 200. The largest absolute Gasteiger partial charge is 0.300 e. The number of piperidine rings is 1. The van der Waals surface area contributed by atoms with Gasteiger partial charge in [0.05, 0.1) is 0 Å². The Labute approximate surface area is 80.6 Å². The first-order chi connectivity index (χ1) is 6.15. The molecule has 1 aliphatic heterocycles. The molecule has 2 unspecified atom stereocenters. The smallest absolute Gasteiger partial charge is 0.134 e. The van der Waals surface area contributed by atoms with Crippen molar-refractivity contribution in [3.05, 3.63) is 12.7 Å². The Balaban J connectivity index is 2.50. The minimum absolute atomic E-state index is 0.260. The van der Waals surface area contributed by atoms with Gasteiger partial charge in [0.15, 0.2) is 0 Å². The summed E-state index contributed by atoms with van der Waals surface area (Å²) in [5, 5.41) is 0. The van der Waals surface area contributed by atoms with E-state index in [-0.39, 0.29) is 5.92 Å². The van der Waals surface area contributed by atoms with Gasteiger partial charge in [-0.3, -0.25) is 9.69 Å². The van der Waals surface area contributed by atoms with E-state index >= 15 is 0 Å². The molecule has 0 aromatic carbocycles. The quantitative estimate of drug-likeness (QED) is 0.619. The van der Waals surface area contributed by atoms with Crippen LogP contribution in [0.15, 0.2) is 12.7 Å². The summed E-state index contributed by atoms with van der Waals surface area (Å²) in [6.45, 7) is 9.64. The first-order valence-corrected chi connectivity index (χ1v) is 5.02. The molecule has 0 N–H and O–H groups in total. The molecule has 0 bridgehead atoms. The van der Waals surface area contributed by atoms with E-state index < -0.39 is 0 Å². The molecule has 0 aliphatic carbocycles. The van der Waals surface area contributed by atoms with Gasteiger partial charge in [-0.15, -0.1) is 6.58 Å². The standard InChI is InChI=1S/C11H19NO/c1-4-9(2)12-7-5-6-11(8-12)10(3)13/h4,9,11H,1,5-8H2,2-3H3. The van der Waals surface area contributed by atoms with Gasteiger partial charge in [0.25, 0.3) is 0 Å². The van der Waals surface area contributed by atoms with E-state index in [1.54, 1.807) is 6.92 Å². The second kappa shape index (κ2) is 4.56. The molecule has 0 amide bonds. The van der Waals surface area contributed by atoms with Crippen molar-refractivity contribution in [2.75, 3.05) is 13.1 Å². The average molecular weight is 181 g/mol. The second-order valence-electron chi connectivity index (χ2n) is 3.92. The van der Waals surface area contributed by atoms with Gasteiger partial charge >= 0.3 is 0 Å². The van der Waals surface area contributed by atoms with Crippen molar-refractivity contribution < 1.29 is 4.79 Å². The molecule has 2 nitrogen and oxygen atoms in total. The van der Waals surface area contributed by atoms with E-state index in [0.29, 0.717) is 11.8 Å². The van der Waals surface area contributed by atoms with Crippen LogP contribution in [-0.4, -0.2) is 29.8 Å². The van der Waals surface area contributed by atoms with Gasteiger partial charge in [-0.05, 0) is 33.2 Å². The number of Topliss-reactive ketones (excluding diaryl/α,β-unsaturated/α-hetero) is 1. The summed E-state index contributed by atoms with van der Waals surface area (Å²) in [7, 11) is 0. The molecular formula is C11H19NO. The lowest BCUT2D eigenvalue weighted by atomic mass is 9.94. The SMILES string of the molecule is C=CC(C)N1CCCC(C(C)=O)C1. The summed E-state index contributed by atoms with van der Waals surface area (Å²) < 4.78 is 0. The van der Waals surface area contributed by atoms with E-state index in [0.717, 1.165) is 25.9 Å². The number of carbonyl (C=O) groups excluding carboxylic acids is 1. The Morgan fingerprint density at radius 2 is 2.38 bits per heavy atom. The highest BCUT2D eigenvalue weighted by Crippen LogP contribution is 2.19. The highest BCUT2D eigenvalue weighted by Gasteiger charge is 2.24. The Hall–Kier alpha value is -0.630. The lowest BCUT2D eigenvalue weighted by Crippen LogP contribution is -2.42. The molecule has 0 aromatic heterocycles. The molecule has 0 radical (unpaired) electrons. The highest BCUT2D eigenvalue weighted by atomic mass is 16.1. The number of nitrogens with zero attached hydrogens (tertiary/aromatic N) is 1. The van der Waals surface area contributed by atoms with Gasteiger partial charge in [-0.25, -0.2) is 0 Å². The van der Waals surface area contributed by atoms with Gasteiger partial charge in [0, 0.05) is 18.5 Å². The molecule has 0 aromatic rings. The molecule has 1 aliphatic rings. The van der Waals surface area contributed by atoms with Gasteiger partial charge in [0.2, 0.25) is 0 Å². The maximum Gasteiger partial charge on any atom is 0.134 e. The molecule has 13 heavy (non-hydrogen) atoms. The summed E-state index contributed by atoms with van der Waals surface area (Å²) in [6, 6.07) is 0.405. The van der Waals surface area contributed by atoms with Gasteiger partial charge in [-0.2, -0.15) is 0 Å². The molecular weight excluding hydrogens is 162 g/mol. The fraction of sp³-hybridized carbons (Fsp3) is 0.727. The van der Waals surface area contributed by atoms with Crippen LogP contribution >= 0.6 is 0 Å². The third-order valence-electron chi connectivity index (χ3n) is 2.94. The number of ketones is 1. The zero-order valence-electron chi connectivity index (χ0n) is 8.62. The van der Waals surface area contributed by atoms with Crippen LogP contribution < -0.4 is 0 Å². The number of hydrogen-bond donors (Lipinski definition) is 0. The Morgan fingerprint density at radius 3 is 2.92 bits per heavy atom. The molecule has 2 heteroatoms. The monoisotopic (exact) mass is 181 g/mol. The minimum atomic E-state index is 0.260. The molecule has 0 spiro atoms. The van der Waals surface area contributed by atoms with Crippen molar-refractivity contribution in [2.45, 2.75) is 32.7 Å². The van der Waals surface area contributed by atoms with Crippen molar-refractivity contribution in [2.24, 2.45) is 5.92 Å². The third kappa shape index (κ3) is 2.66. The predicted molar refractivity (Wildman–Crippen MR) is 54.6 cm³/mol. The zero-order chi connectivity index (χ0) is 9.84. The van der Waals surface area contributed by atoms with Crippen LogP contribution in [0, 0.1) is 5.92 Å². The van der Waals surface area contributed by atoms with Crippen molar-refractivity contribution >= 4 is 5.78 Å². The van der Waals surface area contributed by atoms with E-state index in [1.165, 1.54) is 0 Å². The van der Waals surface area contributed by atoms with Crippen molar-refractivity contribution in [1.82, 2.24) is 4.90 Å². The van der Waals surface area contributed by atoms with E-state index in [1.807, 2.05) is 6.08 Å². The molecule has 1 saturated heterocycles. The number of rotatable bonds is 3. The predicted octanol–water partition coefficient (Wildman–Crippen LogP) is 1.86. The molecule has 1 fully saturated rings. The van der Waals surface area contributed by atoms with Gasteiger partial charge < -0.3 is 0 Å².